The molecule has 4 aromatic rings. The largest absolute Gasteiger partial charge is 0.488 e. The molecule has 0 saturated carbocycles. The predicted octanol–water partition coefficient (Wildman–Crippen LogP) is 6.15. The van der Waals surface area contributed by atoms with Gasteiger partial charge in [-0.2, -0.15) is 9.78 Å². The van der Waals surface area contributed by atoms with E-state index in [0.717, 1.165) is 49.5 Å². The Morgan fingerprint density at radius 2 is 1.95 bits per heavy atom. The van der Waals surface area contributed by atoms with E-state index in [0.29, 0.717) is 30.8 Å². The number of pyridine rings is 1. The maximum atomic E-state index is 11.7. The molecule has 1 N–H and O–H groups in total. The summed E-state index contributed by atoms with van der Waals surface area (Å²) in [6, 6.07) is 16.1. The van der Waals surface area contributed by atoms with Gasteiger partial charge in [0.25, 0.3) is 0 Å². The van der Waals surface area contributed by atoms with Crippen LogP contribution < -0.4 is 9.47 Å². The molecule has 0 bridgehead atoms. The van der Waals surface area contributed by atoms with Gasteiger partial charge in [-0.3, -0.25) is 4.90 Å². The Bertz CT molecular complexity index is 1640. The maximum Gasteiger partial charge on any atom is 0.342 e. The van der Waals surface area contributed by atoms with E-state index in [-0.39, 0.29) is 11.4 Å². The van der Waals surface area contributed by atoms with Crippen LogP contribution in [0, 0.1) is 13.8 Å². The normalized spacial score (nSPS) is 16.8. The van der Waals surface area contributed by atoms with Crippen molar-refractivity contribution in [2.24, 2.45) is 0 Å². The predicted molar refractivity (Wildman–Crippen MR) is 168 cm³/mol. The molecule has 2 aromatic carbocycles. The molecule has 0 radical (unpaired) electrons. The van der Waals surface area contributed by atoms with E-state index in [1.807, 2.05) is 37.3 Å². The van der Waals surface area contributed by atoms with Crippen molar-refractivity contribution in [2.75, 3.05) is 26.3 Å². The molecule has 2 aliphatic rings. The Kier molecular flexibility index (Phi) is 8.95. The highest BCUT2D eigenvalue weighted by atomic mass is 16.5. The maximum absolute atomic E-state index is 11.7. The number of aryl methyl sites for hydroxylation is 1. The topological polar surface area (TPSA) is 98.9 Å². The fourth-order valence-corrected chi connectivity index (χ4v) is 6.31. The molecule has 4 heterocycles. The number of benzene rings is 2. The number of fused-ring (bicyclic) bond motifs is 1. The lowest BCUT2D eigenvalue weighted by molar-refractivity contribution is -0.00803. The van der Waals surface area contributed by atoms with Gasteiger partial charge in [-0.1, -0.05) is 30.3 Å². The lowest BCUT2D eigenvalue weighted by atomic mass is 9.91. The standard InChI is InChI=1S/C35H40N4O5/c1-4-42-34-30(35(40)41)19-36-39(34)32-13-8-12-31(37-32)29-11-7-9-23(2)33(29)44-22-26-15-14-25-20-38(17-16-28(25)24(26)3)21-27-10-5-6-18-43-27/h7-9,11-15,19,27H,4-6,10,16-18,20-22H2,1-3H3,(H,40,41)/t27-/m1/s1. The summed E-state index contributed by atoms with van der Waals surface area (Å²) in [7, 11) is 0. The minimum absolute atomic E-state index is 0.00926. The van der Waals surface area contributed by atoms with Gasteiger partial charge in [0.15, 0.2) is 5.82 Å². The summed E-state index contributed by atoms with van der Waals surface area (Å²) in [4.78, 5) is 19.1. The van der Waals surface area contributed by atoms with Gasteiger partial charge in [-0.05, 0) is 92.5 Å². The average molecular weight is 597 g/mol. The Morgan fingerprint density at radius 3 is 2.75 bits per heavy atom. The molecule has 0 unspecified atom stereocenters. The molecule has 0 aliphatic carbocycles. The molecular formula is C35H40N4O5. The zero-order valence-electron chi connectivity index (χ0n) is 25.7. The molecule has 44 heavy (non-hydrogen) atoms. The molecule has 9 heteroatoms. The zero-order chi connectivity index (χ0) is 30.6. The van der Waals surface area contributed by atoms with E-state index < -0.39 is 5.97 Å². The summed E-state index contributed by atoms with van der Waals surface area (Å²) in [6.07, 6.45) is 6.32. The number of para-hydroxylation sites is 1. The van der Waals surface area contributed by atoms with Crippen molar-refractivity contribution in [3.8, 4) is 28.7 Å². The first-order valence-corrected chi connectivity index (χ1v) is 15.5. The number of carboxylic acids is 1. The molecule has 9 nitrogen and oxygen atoms in total. The highest BCUT2D eigenvalue weighted by Crippen LogP contribution is 2.34. The highest BCUT2D eigenvalue weighted by molar-refractivity contribution is 5.90. The van der Waals surface area contributed by atoms with Gasteiger partial charge < -0.3 is 19.3 Å². The molecule has 2 aliphatic heterocycles. The van der Waals surface area contributed by atoms with Crippen LogP contribution in [0.2, 0.25) is 0 Å². The van der Waals surface area contributed by atoms with Crippen LogP contribution in [0.1, 0.15) is 64.4 Å². The van der Waals surface area contributed by atoms with Crippen LogP contribution in [0.3, 0.4) is 0 Å². The van der Waals surface area contributed by atoms with Crippen LogP contribution in [0.4, 0.5) is 0 Å². The molecule has 230 valence electrons. The summed E-state index contributed by atoms with van der Waals surface area (Å²) in [5.41, 5.74) is 7.88. The quantitative estimate of drug-likeness (QED) is 0.233. The molecule has 1 fully saturated rings. The van der Waals surface area contributed by atoms with E-state index in [1.165, 1.54) is 52.4 Å². The second-order valence-electron chi connectivity index (χ2n) is 11.6. The molecular weight excluding hydrogens is 556 g/mol. The first-order chi connectivity index (χ1) is 21.4. The van der Waals surface area contributed by atoms with E-state index in [4.69, 9.17) is 19.2 Å². The number of ether oxygens (including phenoxy) is 3. The van der Waals surface area contributed by atoms with Crippen molar-refractivity contribution in [1.82, 2.24) is 19.7 Å². The number of hydrogen-bond donors (Lipinski definition) is 1. The number of aromatic carboxylic acids is 1. The van der Waals surface area contributed by atoms with E-state index >= 15 is 0 Å². The third-order valence-corrected chi connectivity index (χ3v) is 8.66. The number of carbonyl (C=O) groups is 1. The minimum Gasteiger partial charge on any atom is -0.488 e. The minimum atomic E-state index is -1.10. The monoisotopic (exact) mass is 596 g/mol. The van der Waals surface area contributed by atoms with E-state index in [9.17, 15) is 9.90 Å². The number of nitrogens with zero attached hydrogens (tertiary/aromatic N) is 4. The van der Waals surface area contributed by atoms with Crippen LogP contribution >= 0.6 is 0 Å². The molecule has 1 atom stereocenters. The SMILES string of the molecule is CCOc1c(C(=O)O)cnn1-c1cccc(-c2cccc(C)c2OCc2ccc3c(c2C)CCN(C[C@H]2CCCCO2)C3)n1. The van der Waals surface area contributed by atoms with Gasteiger partial charge in [0.2, 0.25) is 5.88 Å². The number of hydrogen-bond acceptors (Lipinski definition) is 7. The second kappa shape index (κ2) is 13.2. The zero-order valence-corrected chi connectivity index (χ0v) is 25.7. The van der Waals surface area contributed by atoms with Crippen LogP contribution in [0.5, 0.6) is 11.6 Å². The Morgan fingerprint density at radius 1 is 1.09 bits per heavy atom. The van der Waals surface area contributed by atoms with Crippen LogP contribution in [-0.2, 0) is 24.3 Å². The summed E-state index contributed by atoms with van der Waals surface area (Å²) in [5, 5.41) is 13.8. The van der Waals surface area contributed by atoms with Gasteiger partial charge in [0.05, 0.1) is 24.6 Å². The van der Waals surface area contributed by atoms with Crippen LogP contribution in [-0.4, -0.2) is 63.1 Å². The van der Waals surface area contributed by atoms with Crippen molar-refractivity contribution >= 4 is 5.97 Å². The van der Waals surface area contributed by atoms with E-state index in [1.54, 1.807) is 13.0 Å². The first-order valence-electron chi connectivity index (χ1n) is 15.5. The second-order valence-corrected chi connectivity index (χ2v) is 11.6. The molecule has 2 aromatic heterocycles. The molecule has 0 spiro atoms. The average Bonchev–Trinajstić information content (AvgIpc) is 3.46. The Balaban J connectivity index is 1.21. The third-order valence-electron chi connectivity index (χ3n) is 8.66. The smallest absolute Gasteiger partial charge is 0.342 e. The first kappa shape index (κ1) is 29.8. The van der Waals surface area contributed by atoms with Crippen molar-refractivity contribution in [3.63, 3.8) is 0 Å². The summed E-state index contributed by atoms with van der Waals surface area (Å²) in [6.45, 7) is 10.7. The van der Waals surface area contributed by atoms with Crippen molar-refractivity contribution in [1.29, 1.82) is 0 Å². The van der Waals surface area contributed by atoms with E-state index in [2.05, 4.69) is 29.1 Å². The molecule has 6 rings (SSSR count). The number of rotatable bonds is 10. The van der Waals surface area contributed by atoms with Gasteiger partial charge >= 0.3 is 5.97 Å². The van der Waals surface area contributed by atoms with Gasteiger partial charge in [0.1, 0.15) is 17.9 Å². The lowest BCUT2D eigenvalue weighted by Gasteiger charge is -2.34. The Labute approximate surface area is 258 Å². The third kappa shape index (κ3) is 6.21. The fourth-order valence-electron chi connectivity index (χ4n) is 6.31. The van der Waals surface area contributed by atoms with Crippen molar-refractivity contribution in [3.05, 3.63) is 88.1 Å². The lowest BCUT2D eigenvalue weighted by Crippen LogP contribution is -2.39. The van der Waals surface area contributed by atoms with Crippen LogP contribution in [0.15, 0.2) is 54.7 Å². The summed E-state index contributed by atoms with van der Waals surface area (Å²) >= 11 is 0. The van der Waals surface area contributed by atoms with Gasteiger partial charge in [0, 0.05) is 31.8 Å². The fraction of sp³-hybridized carbons (Fsp3) is 0.400. The van der Waals surface area contributed by atoms with Gasteiger partial charge in [-0.15, -0.1) is 0 Å². The highest BCUT2D eigenvalue weighted by Gasteiger charge is 2.24. The van der Waals surface area contributed by atoms with Crippen molar-refractivity contribution in [2.45, 2.75) is 65.7 Å². The summed E-state index contributed by atoms with van der Waals surface area (Å²) < 4.78 is 19.6. The van der Waals surface area contributed by atoms with Crippen LogP contribution in [0.25, 0.3) is 17.1 Å². The Hall–Kier alpha value is -4.21. The summed E-state index contributed by atoms with van der Waals surface area (Å²) in [5.74, 6) is 0.276. The number of aromatic nitrogens is 3. The molecule has 0 amide bonds. The van der Waals surface area contributed by atoms with Gasteiger partial charge in [-0.25, -0.2) is 9.78 Å². The van der Waals surface area contributed by atoms with Crippen molar-refractivity contribution < 1.29 is 24.1 Å². The molecule has 1 saturated heterocycles. The number of carboxylic acid groups (broad SMARTS) is 1.